The Balaban J connectivity index is 2.88. The molecule has 1 aromatic rings. The molecule has 0 radical (unpaired) electrons. The van der Waals surface area contributed by atoms with Gasteiger partial charge in [0.05, 0.1) is 5.69 Å². The van der Waals surface area contributed by atoms with Gasteiger partial charge in [-0.1, -0.05) is 0 Å². The first kappa shape index (κ1) is 11.6. The van der Waals surface area contributed by atoms with Crippen molar-refractivity contribution in [2.45, 2.75) is 0 Å². The van der Waals surface area contributed by atoms with Crippen LogP contribution in [0.4, 0.5) is 5.69 Å². The quantitative estimate of drug-likeness (QED) is 0.0661. The molecule has 16 heavy (non-hydrogen) atoms. The number of nitrogens with one attached hydrogen (secondary N) is 2. The van der Waals surface area contributed by atoms with E-state index in [4.69, 9.17) is 22.7 Å². The van der Waals surface area contributed by atoms with Crippen molar-refractivity contribution >= 4 is 17.6 Å². The Morgan fingerprint density at radius 3 is 2.62 bits per heavy atom. The third-order valence-corrected chi connectivity index (χ3v) is 1.74. The lowest BCUT2D eigenvalue weighted by Crippen LogP contribution is -2.52. The Morgan fingerprint density at radius 1 is 1.50 bits per heavy atom. The standard InChI is InChI=1S/C8H12N6O2/c9-5-2-1-4(3-6(5)15)7(16)14(12)13-8(10)11/h1-3,15H,9,12H2,(H4,10,11,13). The normalized spacial score (nSPS) is 9.56. The number of amides is 1. The van der Waals surface area contributed by atoms with Gasteiger partial charge in [-0.25, -0.2) is 5.84 Å². The predicted octanol–water partition coefficient (Wildman–Crippen LogP) is -1.31. The topological polar surface area (TPSA) is 154 Å². The smallest absolute Gasteiger partial charge is 0.287 e. The Hall–Kier alpha value is -2.48. The first-order valence-corrected chi connectivity index (χ1v) is 4.20. The average molecular weight is 224 g/mol. The fourth-order valence-electron chi connectivity index (χ4n) is 0.996. The number of nitrogens with zero attached hydrogens (tertiary/aromatic N) is 1. The molecule has 0 fully saturated rings. The number of hydrogen-bond acceptors (Lipinski definition) is 5. The number of rotatable bonds is 1. The first-order chi connectivity index (χ1) is 7.41. The molecule has 0 bridgehead atoms. The Bertz CT molecular complexity index is 433. The van der Waals surface area contributed by atoms with Crippen LogP contribution in [-0.4, -0.2) is 22.1 Å². The predicted molar refractivity (Wildman–Crippen MR) is 57.9 cm³/mol. The van der Waals surface area contributed by atoms with Gasteiger partial charge in [0.25, 0.3) is 5.91 Å². The second kappa shape index (κ2) is 4.36. The molecule has 0 unspecified atom stereocenters. The third-order valence-electron chi connectivity index (χ3n) is 1.74. The lowest BCUT2D eigenvalue weighted by Gasteiger charge is -2.17. The first-order valence-electron chi connectivity index (χ1n) is 4.20. The molecule has 0 spiro atoms. The summed E-state index contributed by atoms with van der Waals surface area (Å²) in [4.78, 5) is 11.6. The lowest BCUT2D eigenvalue weighted by molar-refractivity contribution is 0.0708. The Morgan fingerprint density at radius 2 is 2.12 bits per heavy atom. The van der Waals surface area contributed by atoms with E-state index in [1.54, 1.807) is 0 Å². The van der Waals surface area contributed by atoms with Crippen molar-refractivity contribution in [1.82, 2.24) is 10.5 Å². The molecule has 8 heteroatoms. The number of aromatic hydroxyl groups is 1. The minimum atomic E-state index is -0.662. The minimum Gasteiger partial charge on any atom is -0.506 e. The maximum absolute atomic E-state index is 11.6. The van der Waals surface area contributed by atoms with Crippen LogP contribution in [0.15, 0.2) is 18.2 Å². The van der Waals surface area contributed by atoms with Crippen molar-refractivity contribution in [3.05, 3.63) is 23.8 Å². The fourth-order valence-corrected chi connectivity index (χ4v) is 0.996. The molecule has 1 amide bonds. The molecule has 0 aromatic heterocycles. The molecule has 0 aliphatic heterocycles. The summed E-state index contributed by atoms with van der Waals surface area (Å²) in [5, 5.41) is 16.7. The van der Waals surface area contributed by atoms with Crippen LogP contribution < -0.4 is 22.7 Å². The monoisotopic (exact) mass is 224 g/mol. The highest BCUT2D eigenvalue weighted by molar-refractivity contribution is 5.95. The van der Waals surface area contributed by atoms with Crippen molar-refractivity contribution in [1.29, 1.82) is 5.41 Å². The SMILES string of the molecule is N=C(N)NN(N)C(=O)c1ccc(N)c(O)c1. The van der Waals surface area contributed by atoms with Gasteiger partial charge in [0.1, 0.15) is 5.75 Å². The summed E-state index contributed by atoms with van der Waals surface area (Å²) in [7, 11) is 0. The zero-order valence-electron chi connectivity index (χ0n) is 8.27. The molecule has 0 saturated heterocycles. The van der Waals surface area contributed by atoms with E-state index in [1.807, 2.05) is 0 Å². The van der Waals surface area contributed by atoms with Crippen molar-refractivity contribution in [3.63, 3.8) is 0 Å². The summed E-state index contributed by atoms with van der Waals surface area (Å²) >= 11 is 0. The summed E-state index contributed by atoms with van der Waals surface area (Å²) in [6.45, 7) is 0. The Kier molecular flexibility index (Phi) is 3.16. The summed E-state index contributed by atoms with van der Waals surface area (Å²) in [5.41, 5.74) is 12.7. The molecule has 1 aromatic carbocycles. The van der Waals surface area contributed by atoms with Gasteiger partial charge < -0.3 is 16.6 Å². The number of nitrogen functional groups attached to an aromatic ring is 1. The largest absolute Gasteiger partial charge is 0.506 e. The molecule has 86 valence electrons. The van der Waals surface area contributed by atoms with Crippen LogP contribution in [-0.2, 0) is 0 Å². The molecule has 8 nitrogen and oxygen atoms in total. The van der Waals surface area contributed by atoms with Gasteiger partial charge in [0, 0.05) is 5.56 Å². The van der Waals surface area contributed by atoms with E-state index in [2.05, 4.69) is 5.43 Å². The van der Waals surface area contributed by atoms with E-state index in [0.717, 1.165) is 0 Å². The second-order valence-corrected chi connectivity index (χ2v) is 2.97. The number of hydrogen-bond donors (Lipinski definition) is 6. The van der Waals surface area contributed by atoms with Crippen molar-refractivity contribution < 1.29 is 9.90 Å². The number of carbonyl (C=O) groups excluding carboxylic acids is 1. The van der Waals surface area contributed by atoms with Crippen molar-refractivity contribution in [2.24, 2.45) is 11.6 Å². The number of anilines is 1. The van der Waals surface area contributed by atoms with E-state index in [0.29, 0.717) is 5.12 Å². The molecule has 0 aliphatic carbocycles. The number of carbonyl (C=O) groups is 1. The molecular weight excluding hydrogens is 212 g/mol. The van der Waals surface area contributed by atoms with Gasteiger partial charge in [-0.2, -0.15) is 5.12 Å². The van der Waals surface area contributed by atoms with Crippen molar-refractivity contribution in [3.8, 4) is 5.75 Å². The summed E-state index contributed by atoms with van der Waals surface area (Å²) in [6, 6.07) is 3.92. The van der Waals surface area contributed by atoms with Gasteiger partial charge in [-0.15, -0.1) is 0 Å². The number of nitrogens with two attached hydrogens (primary N) is 3. The highest BCUT2D eigenvalue weighted by atomic mass is 16.3. The van der Waals surface area contributed by atoms with Crippen LogP contribution in [0.5, 0.6) is 5.75 Å². The molecule has 0 atom stereocenters. The van der Waals surface area contributed by atoms with E-state index in [-0.39, 0.29) is 17.0 Å². The number of benzene rings is 1. The number of guanidine groups is 1. The minimum absolute atomic E-state index is 0.114. The van der Waals surface area contributed by atoms with Gasteiger partial charge in [0.15, 0.2) is 0 Å². The zero-order valence-corrected chi connectivity index (χ0v) is 8.27. The highest BCUT2D eigenvalue weighted by Crippen LogP contribution is 2.20. The van der Waals surface area contributed by atoms with Gasteiger partial charge >= 0.3 is 0 Å². The van der Waals surface area contributed by atoms with E-state index < -0.39 is 11.9 Å². The third kappa shape index (κ3) is 2.51. The molecular formula is C8H12N6O2. The molecule has 9 N–H and O–H groups in total. The van der Waals surface area contributed by atoms with E-state index in [9.17, 15) is 9.90 Å². The highest BCUT2D eigenvalue weighted by Gasteiger charge is 2.13. The van der Waals surface area contributed by atoms with Crippen LogP contribution in [0.2, 0.25) is 0 Å². The summed E-state index contributed by atoms with van der Waals surface area (Å²) in [5.74, 6) is 3.92. The zero-order chi connectivity index (χ0) is 12.3. The molecule has 0 heterocycles. The maximum atomic E-state index is 11.6. The molecule has 0 aliphatic rings. The van der Waals surface area contributed by atoms with Crippen LogP contribution >= 0.6 is 0 Å². The van der Waals surface area contributed by atoms with E-state index in [1.165, 1.54) is 18.2 Å². The van der Waals surface area contributed by atoms with Gasteiger partial charge in [0.2, 0.25) is 5.96 Å². The van der Waals surface area contributed by atoms with Crippen LogP contribution in [0.3, 0.4) is 0 Å². The van der Waals surface area contributed by atoms with Gasteiger partial charge in [-0.05, 0) is 18.2 Å². The molecule has 1 rings (SSSR count). The second-order valence-electron chi connectivity index (χ2n) is 2.97. The number of hydrazine groups is 2. The van der Waals surface area contributed by atoms with Crippen LogP contribution in [0, 0.1) is 5.41 Å². The van der Waals surface area contributed by atoms with Crippen LogP contribution in [0.1, 0.15) is 10.4 Å². The van der Waals surface area contributed by atoms with Crippen molar-refractivity contribution in [2.75, 3.05) is 5.73 Å². The fraction of sp³-hybridized carbons (Fsp3) is 0. The number of phenolic OH excluding ortho intramolecular Hbond substituents is 1. The lowest BCUT2D eigenvalue weighted by atomic mass is 10.2. The summed E-state index contributed by atoms with van der Waals surface area (Å²) < 4.78 is 0. The van der Waals surface area contributed by atoms with Crippen LogP contribution in [0.25, 0.3) is 0 Å². The summed E-state index contributed by atoms with van der Waals surface area (Å²) in [6.07, 6.45) is 0. The maximum Gasteiger partial charge on any atom is 0.287 e. The molecule has 0 saturated carbocycles. The Labute approximate surface area is 91.1 Å². The number of phenols is 1. The van der Waals surface area contributed by atoms with Gasteiger partial charge in [-0.3, -0.25) is 15.6 Å². The average Bonchev–Trinajstić information content (AvgIpc) is 2.20. The van der Waals surface area contributed by atoms with E-state index >= 15 is 0 Å².